The molecule has 0 aromatic heterocycles. The maximum Gasteiger partial charge on any atom is 0.692 e. The van der Waals surface area contributed by atoms with Crippen molar-refractivity contribution in [1.29, 1.82) is 0 Å². The van der Waals surface area contributed by atoms with Crippen molar-refractivity contribution >= 4 is 8.25 Å². The first kappa shape index (κ1) is 23.1. The molecule has 0 aliphatic rings. The fourth-order valence-corrected chi connectivity index (χ4v) is 0.957. The average Bonchev–Trinajstić information content (AvgIpc) is 2.31. The third kappa shape index (κ3) is 56.4. The van der Waals surface area contributed by atoms with Gasteiger partial charge in [0.25, 0.3) is 0 Å². The van der Waals surface area contributed by atoms with Crippen LogP contribution in [0.25, 0.3) is 0 Å². The van der Waals surface area contributed by atoms with Crippen LogP contribution >= 0.6 is 8.25 Å². The Kier molecular flexibility index (Phi) is 32.9. The lowest BCUT2D eigenvalue weighted by atomic mass is 10.4. The lowest BCUT2D eigenvalue weighted by Gasteiger charge is -1.95. The maximum absolute atomic E-state index is 8.70. The number of nitrogens with one attached hydrogen (secondary N) is 2. The molecule has 6 heteroatoms. The van der Waals surface area contributed by atoms with Gasteiger partial charge in [-0.2, -0.15) is 0 Å². The van der Waals surface area contributed by atoms with E-state index in [0.717, 1.165) is 0 Å². The molecule has 0 unspecified atom stereocenters. The molecule has 0 rings (SSSR count). The van der Waals surface area contributed by atoms with Crippen molar-refractivity contribution in [3.8, 4) is 0 Å². The molecule has 112 valence electrons. The van der Waals surface area contributed by atoms with E-state index in [0.29, 0.717) is 0 Å². The monoisotopic (exact) mass is 283 g/mol. The highest BCUT2D eigenvalue weighted by molar-refractivity contribution is 7.30. The molecule has 0 saturated carbocycles. The summed E-state index contributed by atoms with van der Waals surface area (Å²) in [7, 11) is -2.87. The summed E-state index contributed by atoms with van der Waals surface area (Å²) in [6, 6.07) is 0. The van der Waals surface area contributed by atoms with Gasteiger partial charge in [-0.15, -0.1) is 9.79 Å². The van der Waals surface area contributed by atoms with Gasteiger partial charge in [-0.1, -0.05) is 27.7 Å². The molecular weight excluding hydrogens is 251 g/mol. The number of hydrogen-bond acceptors (Lipinski definition) is 3. The Balaban J connectivity index is -0.000000196. The van der Waals surface area contributed by atoms with Crippen LogP contribution in [0, 0.1) is 0 Å². The minimum absolute atomic E-state index is 1.17. The number of hydrogen-bond donors (Lipinski definition) is 4. The first-order chi connectivity index (χ1) is 8.56. The molecule has 0 spiro atoms. The zero-order valence-electron chi connectivity index (χ0n) is 12.4. The minimum Gasteiger partial charge on any atom is -0.317 e. The van der Waals surface area contributed by atoms with Crippen molar-refractivity contribution in [2.75, 3.05) is 26.2 Å². The molecule has 0 aliphatic heterocycles. The summed E-state index contributed by atoms with van der Waals surface area (Å²) < 4.78 is 8.70. The minimum atomic E-state index is -2.87. The highest BCUT2D eigenvalue weighted by Crippen LogP contribution is 1.98. The van der Waals surface area contributed by atoms with Gasteiger partial charge in [-0.25, -0.2) is 0 Å². The molecule has 4 N–H and O–H groups in total. The van der Waals surface area contributed by atoms with E-state index in [-0.39, 0.29) is 0 Å². The first-order valence-electron chi connectivity index (χ1n) is 6.83. The van der Waals surface area contributed by atoms with Gasteiger partial charge in [0.15, 0.2) is 0 Å². The standard InChI is InChI=1S/2C6H15N.HO3P/c2*1-3-5-7-6-4-2;1-4(2)3/h2*7H,3-6H2,1-2H3;(H-,1,2,3)/p+1. The van der Waals surface area contributed by atoms with E-state index in [1.165, 1.54) is 51.9 Å². The van der Waals surface area contributed by atoms with Gasteiger partial charge < -0.3 is 10.6 Å². The molecule has 0 saturated heterocycles. The normalized spacial score (nSPS) is 8.78. The lowest BCUT2D eigenvalue weighted by Crippen LogP contribution is -2.14. The van der Waals surface area contributed by atoms with Gasteiger partial charge in [-0.05, 0) is 51.9 Å². The van der Waals surface area contributed by atoms with E-state index >= 15 is 0 Å². The molecule has 0 aliphatic carbocycles. The Morgan fingerprint density at radius 3 is 1.00 bits per heavy atom. The van der Waals surface area contributed by atoms with E-state index in [4.69, 9.17) is 14.4 Å². The zero-order chi connectivity index (χ0) is 14.6. The third-order valence-corrected chi connectivity index (χ3v) is 1.71. The molecule has 0 atom stereocenters. The van der Waals surface area contributed by atoms with Crippen LogP contribution in [0.1, 0.15) is 53.4 Å². The predicted octanol–water partition coefficient (Wildman–Crippen LogP) is 2.42. The average molecular weight is 283 g/mol. The van der Waals surface area contributed by atoms with Gasteiger partial charge in [0.1, 0.15) is 0 Å². The summed E-state index contributed by atoms with van der Waals surface area (Å²) >= 11 is 0. The van der Waals surface area contributed by atoms with Gasteiger partial charge in [0, 0.05) is 4.57 Å². The number of rotatable bonds is 8. The van der Waals surface area contributed by atoms with E-state index in [1.54, 1.807) is 0 Å². The Bertz CT molecular complexity index is 127. The van der Waals surface area contributed by atoms with Crippen molar-refractivity contribution in [3.05, 3.63) is 0 Å². The van der Waals surface area contributed by atoms with Crippen LogP contribution in [0.2, 0.25) is 0 Å². The van der Waals surface area contributed by atoms with Crippen molar-refractivity contribution in [1.82, 2.24) is 10.6 Å². The smallest absolute Gasteiger partial charge is 0.317 e. The molecule has 18 heavy (non-hydrogen) atoms. The Morgan fingerprint density at radius 1 is 0.722 bits per heavy atom. The van der Waals surface area contributed by atoms with E-state index in [1.807, 2.05) is 0 Å². The molecule has 0 fully saturated rings. The van der Waals surface area contributed by atoms with Crippen LogP contribution in [-0.2, 0) is 4.57 Å². The Hall–Kier alpha value is -0.0600. The molecule has 5 nitrogen and oxygen atoms in total. The quantitative estimate of drug-likeness (QED) is 0.406. The molecule has 0 amide bonds. The van der Waals surface area contributed by atoms with E-state index in [2.05, 4.69) is 38.3 Å². The van der Waals surface area contributed by atoms with Crippen molar-refractivity contribution in [2.45, 2.75) is 53.4 Å². The fraction of sp³-hybridized carbons (Fsp3) is 1.00. The second-order valence-electron chi connectivity index (χ2n) is 3.75. The zero-order valence-corrected chi connectivity index (χ0v) is 13.3. The SMILES string of the molecule is CCCNCCC.CCCNCCC.O=[P+](O)O. The third-order valence-electron chi connectivity index (χ3n) is 1.71. The molecule has 0 bridgehead atoms. The van der Waals surface area contributed by atoms with E-state index in [9.17, 15) is 0 Å². The van der Waals surface area contributed by atoms with Gasteiger partial charge in [-0.3, -0.25) is 0 Å². The largest absolute Gasteiger partial charge is 0.692 e. The topological polar surface area (TPSA) is 81.6 Å². The summed E-state index contributed by atoms with van der Waals surface area (Å²) in [5, 5.41) is 6.57. The summed E-state index contributed by atoms with van der Waals surface area (Å²) in [6.45, 7) is 13.4. The second-order valence-corrected chi connectivity index (χ2v) is 4.26. The van der Waals surface area contributed by atoms with Crippen LogP contribution in [0.5, 0.6) is 0 Å². The van der Waals surface area contributed by atoms with Gasteiger partial charge in [0.2, 0.25) is 0 Å². The summed E-state index contributed by atoms with van der Waals surface area (Å²) in [4.78, 5) is 14.2. The summed E-state index contributed by atoms with van der Waals surface area (Å²) in [6.07, 6.45) is 5.00. The van der Waals surface area contributed by atoms with E-state index < -0.39 is 8.25 Å². The van der Waals surface area contributed by atoms with Crippen molar-refractivity contribution < 1.29 is 14.4 Å². The Morgan fingerprint density at radius 2 is 0.889 bits per heavy atom. The van der Waals surface area contributed by atoms with Crippen LogP contribution in [0.4, 0.5) is 0 Å². The van der Waals surface area contributed by atoms with Crippen molar-refractivity contribution in [2.24, 2.45) is 0 Å². The van der Waals surface area contributed by atoms with Gasteiger partial charge >= 0.3 is 8.25 Å². The van der Waals surface area contributed by atoms with Crippen LogP contribution in [0.15, 0.2) is 0 Å². The maximum atomic E-state index is 8.70. The predicted molar refractivity (Wildman–Crippen MR) is 78.9 cm³/mol. The molecule has 0 radical (unpaired) electrons. The first-order valence-corrected chi connectivity index (χ1v) is 7.99. The second kappa shape index (κ2) is 25.7. The summed E-state index contributed by atoms with van der Waals surface area (Å²) in [5.74, 6) is 0. The Labute approximate surface area is 113 Å². The highest BCUT2D eigenvalue weighted by Gasteiger charge is 1.93. The van der Waals surface area contributed by atoms with Gasteiger partial charge in [0.05, 0.1) is 0 Å². The highest BCUT2D eigenvalue weighted by atomic mass is 31.1. The molecule has 0 heterocycles. The molecule has 0 aromatic rings. The van der Waals surface area contributed by atoms with Crippen molar-refractivity contribution in [3.63, 3.8) is 0 Å². The van der Waals surface area contributed by atoms with Crippen LogP contribution in [0.3, 0.4) is 0 Å². The van der Waals surface area contributed by atoms with Crippen LogP contribution in [-0.4, -0.2) is 36.0 Å². The fourth-order valence-electron chi connectivity index (χ4n) is 0.957. The summed E-state index contributed by atoms with van der Waals surface area (Å²) in [5.41, 5.74) is 0. The lowest BCUT2D eigenvalue weighted by molar-refractivity contribution is 0.405. The van der Waals surface area contributed by atoms with Crippen LogP contribution < -0.4 is 10.6 Å². The molecular formula is C12H32N2O3P+. The molecule has 0 aromatic carbocycles.